The summed E-state index contributed by atoms with van der Waals surface area (Å²) in [5, 5.41) is 12.4. The zero-order chi connectivity index (χ0) is 19.0. The van der Waals surface area contributed by atoms with E-state index < -0.39 is 0 Å². The van der Waals surface area contributed by atoms with Crippen molar-refractivity contribution in [2.24, 2.45) is 4.99 Å². The molecule has 7 heteroatoms. The molecule has 1 fully saturated rings. The molecule has 1 N–H and O–H groups in total. The lowest BCUT2D eigenvalue weighted by atomic mass is 10.1. The van der Waals surface area contributed by atoms with Crippen molar-refractivity contribution in [1.82, 2.24) is 19.7 Å². The van der Waals surface area contributed by atoms with Gasteiger partial charge >= 0.3 is 0 Å². The number of nitrogens with one attached hydrogen (secondary N) is 1. The van der Waals surface area contributed by atoms with Gasteiger partial charge in [-0.1, -0.05) is 24.6 Å². The van der Waals surface area contributed by atoms with Gasteiger partial charge < -0.3 is 14.8 Å². The highest BCUT2D eigenvalue weighted by Gasteiger charge is 2.16. The number of hydrogen-bond donors (Lipinski definition) is 1. The minimum atomic E-state index is 0. The van der Waals surface area contributed by atoms with Crippen molar-refractivity contribution in [2.75, 3.05) is 25.0 Å². The van der Waals surface area contributed by atoms with Crippen molar-refractivity contribution in [3.63, 3.8) is 0 Å². The summed E-state index contributed by atoms with van der Waals surface area (Å²) in [6, 6.07) is 10.4. The number of aryl methyl sites for hydroxylation is 2. The number of aromatic nitrogens is 3. The lowest BCUT2D eigenvalue weighted by Gasteiger charge is -2.30. The van der Waals surface area contributed by atoms with Gasteiger partial charge in [0, 0.05) is 44.7 Å². The van der Waals surface area contributed by atoms with Crippen LogP contribution in [0.4, 0.5) is 5.69 Å². The van der Waals surface area contributed by atoms with Gasteiger partial charge in [0.2, 0.25) is 0 Å². The summed E-state index contributed by atoms with van der Waals surface area (Å²) in [5.41, 5.74) is 1.11. The van der Waals surface area contributed by atoms with Gasteiger partial charge in [0.15, 0.2) is 5.96 Å². The molecular formula is C22H33IN6. The molecule has 2 aliphatic rings. The van der Waals surface area contributed by atoms with Crippen molar-refractivity contribution in [1.29, 1.82) is 0 Å². The van der Waals surface area contributed by atoms with E-state index in [0.29, 0.717) is 0 Å². The van der Waals surface area contributed by atoms with Crippen LogP contribution in [0.3, 0.4) is 0 Å². The summed E-state index contributed by atoms with van der Waals surface area (Å²) in [7, 11) is 0. The minimum absolute atomic E-state index is 0. The first kappa shape index (κ1) is 22.1. The number of halogens is 1. The molecule has 0 bridgehead atoms. The van der Waals surface area contributed by atoms with Crippen molar-refractivity contribution >= 4 is 35.6 Å². The third-order valence-electron chi connectivity index (χ3n) is 5.69. The average Bonchev–Trinajstić information content (AvgIpc) is 2.97. The monoisotopic (exact) mass is 508 g/mol. The Hall–Kier alpha value is -1.64. The van der Waals surface area contributed by atoms with Crippen LogP contribution in [0.25, 0.3) is 0 Å². The van der Waals surface area contributed by atoms with E-state index in [2.05, 4.69) is 49.2 Å². The van der Waals surface area contributed by atoms with Gasteiger partial charge in [0.1, 0.15) is 11.6 Å². The number of aliphatic imine (C=N–C) groups is 1. The Morgan fingerprint density at radius 3 is 2.52 bits per heavy atom. The molecule has 1 saturated heterocycles. The van der Waals surface area contributed by atoms with Gasteiger partial charge in [-0.15, -0.1) is 34.2 Å². The van der Waals surface area contributed by atoms with E-state index in [1.54, 1.807) is 0 Å². The fourth-order valence-electron chi connectivity index (χ4n) is 4.13. The number of guanidine groups is 1. The smallest absolute Gasteiger partial charge is 0.198 e. The summed E-state index contributed by atoms with van der Waals surface area (Å²) >= 11 is 0. The predicted molar refractivity (Wildman–Crippen MR) is 129 cm³/mol. The van der Waals surface area contributed by atoms with Crippen molar-refractivity contribution in [3.05, 3.63) is 42.0 Å². The Morgan fingerprint density at radius 2 is 1.69 bits per heavy atom. The normalized spacial score (nSPS) is 17.2. The maximum Gasteiger partial charge on any atom is 0.198 e. The Bertz CT molecular complexity index is 767. The molecule has 29 heavy (non-hydrogen) atoms. The van der Waals surface area contributed by atoms with Gasteiger partial charge in [0.05, 0.1) is 0 Å². The number of para-hydroxylation sites is 1. The minimum Gasteiger partial charge on any atom is -0.343 e. The molecule has 2 aromatic rings. The lowest BCUT2D eigenvalue weighted by molar-refractivity contribution is 0.340. The highest BCUT2D eigenvalue weighted by Crippen LogP contribution is 2.16. The van der Waals surface area contributed by atoms with Gasteiger partial charge in [-0.2, -0.15) is 0 Å². The maximum absolute atomic E-state index is 4.95. The number of hydrogen-bond acceptors (Lipinski definition) is 3. The van der Waals surface area contributed by atoms with Crippen LogP contribution in [0.2, 0.25) is 0 Å². The molecule has 3 heterocycles. The average molecular weight is 508 g/mol. The third kappa shape index (κ3) is 6.17. The van der Waals surface area contributed by atoms with Crippen LogP contribution in [0.1, 0.15) is 56.6 Å². The second-order valence-corrected chi connectivity index (χ2v) is 7.84. The molecule has 0 aliphatic carbocycles. The van der Waals surface area contributed by atoms with Crippen LogP contribution >= 0.6 is 24.0 Å². The maximum atomic E-state index is 4.95. The van der Waals surface area contributed by atoms with Crippen molar-refractivity contribution < 1.29 is 0 Å². The van der Waals surface area contributed by atoms with Crippen molar-refractivity contribution in [3.8, 4) is 0 Å². The largest absolute Gasteiger partial charge is 0.343 e. The molecule has 158 valence electrons. The molecular weight excluding hydrogens is 475 g/mol. The number of rotatable bonds is 5. The van der Waals surface area contributed by atoms with Gasteiger partial charge in [-0.25, -0.2) is 0 Å². The topological polar surface area (TPSA) is 58.3 Å². The molecule has 0 atom stereocenters. The van der Waals surface area contributed by atoms with E-state index in [1.165, 1.54) is 44.3 Å². The van der Waals surface area contributed by atoms with E-state index in [4.69, 9.17) is 4.99 Å². The molecule has 0 unspecified atom stereocenters. The van der Waals surface area contributed by atoms with Crippen LogP contribution in [-0.2, 0) is 19.4 Å². The van der Waals surface area contributed by atoms with E-state index in [1.807, 2.05) is 6.07 Å². The predicted octanol–water partition coefficient (Wildman–Crippen LogP) is 4.51. The third-order valence-corrected chi connectivity index (χ3v) is 5.69. The van der Waals surface area contributed by atoms with Crippen LogP contribution in [-0.4, -0.2) is 45.3 Å². The number of likely N-dealkylation sites (tertiary alicyclic amines) is 1. The number of anilines is 1. The van der Waals surface area contributed by atoms with Crippen molar-refractivity contribution in [2.45, 2.75) is 64.3 Å². The summed E-state index contributed by atoms with van der Waals surface area (Å²) in [4.78, 5) is 7.35. The van der Waals surface area contributed by atoms with Crippen LogP contribution in [0, 0.1) is 0 Å². The number of benzene rings is 1. The van der Waals surface area contributed by atoms with Crippen LogP contribution in [0.15, 0.2) is 35.3 Å². The Morgan fingerprint density at radius 1 is 0.931 bits per heavy atom. The van der Waals surface area contributed by atoms with E-state index >= 15 is 0 Å². The van der Waals surface area contributed by atoms with E-state index in [0.717, 1.165) is 62.9 Å². The number of nitrogens with zero attached hydrogens (tertiary/aromatic N) is 5. The lowest BCUT2D eigenvalue weighted by Crippen LogP contribution is -2.40. The van der Waals surface area contributed by atoms with E-state index in [9.17, 15) is 0 Å². The number of fused-ring (bicyclic) bond motifs is 1. The Labute approximate surface area is 191 Å². The quantitative estimate of drug-likeness (QED) is 0.280. The first-order chi connectivity index (χ1) is 13.9. The zero-order valence-electron chi connectivity index (χ0n) is 17.2. The summed E-state index contributed by atoms with van der Waals surface area (Å²) < 4.78 is 2.35. The Kier molecular flexibility index (Phi) is 8.76. The first-order valence-corrected chi connectivity index (χ1v) is 10.9. The highest BCUT2D eigenvalue weighted by molar-refractivity contribution is 14.0. The molecule has 0 radical (unpaired) electrons. The molecule has 6 nitrogen and oxygen atoms in total. The fourth-order valence-corrected chi connectivity index (χ4v) is 4.13. The first-order valence-electron chi connectivity index (χ1n) is 10.9. The van der Waals surface area contributed by atoms with Gasteiger partial charge in [-0.3, -0.25) is 4.99 Å². The summed E-state index contributed by atoms with van der Waals surface area (Å²) in [6.07, 6.45) is 10.7. The zero-order valence-corrected chi connectivity index (χ0v) is 19.6. The molecule has 1 aromatic heterocycles. The molecule has 0 spiro atoms. The standard InChI is InChI=1S/C22H32N6.HI/c1-4-11-19(12-5-1)24-22(27-16-7-3-8-17-27)23-15-10-14-21-26-25-20-13-6-2-9-18-28(20)21;/h1,4-5,11-12H,2-3,6-10,13-18H2,(H,23,24);1H. The molecule has 4 rings (SSSR count). The second kappa shape index (κ2) is 11.5. The molecule has 2 aliphatic heterocycles. The fraction of sp³-hybridized carbons (Fsp3) is 0.591. The van der Waals surface area contributed by atoms with E-state index in [-0.39, 0.29) is 24.0 Å². The SMILES string of the molecule is I.c1ccc(NC(=NCCCc2nnc3n2CCCCC3)N2CCCCC2)cc1. The number of piperidine rings is 1. The van der Waals surface area contributed by atoms with Gasteiger partial charge in [-0.05, 0) is 50.7 Å². The summed E-state index contributed by atoms with van der Waals surface area (Å²) in [5.74, 6) is 3.34. The molecule has 0 amide bonds. The Balaban J connectivity index is 0.00000240. The van der Waals surface area contributed by atoms with Gasteiger partial charge in [0.25, 0.3) is 0 Å². The van der Waals surface area contributed by atoms with Crippen LogP contribution in [0.5, 0.6) is 0 Å². The summed E-state index contributed by atoms with van der Waals surface area (Å²) in [6.45, 7) is 4.08. The second-order valence-electron chi connectivity index (χ2n) is 7.84. The molecule has 1 aromatic carbocycles. The van der Waals surface area contributed by atoms with Crippen LogP contribution < -0.4 is 5.32 Å². The molecule has 0 saturated carbocycles. The highest BCUT2D eigenvalue weighted by atomic mass is 127.